The summed E-state index contributed by atoms with van der Waals surface area (Å²) in [5.41, 5.74) is 1.38. The number of halogens is 1. The number of aromatic nitrogens is 3. The lowest BCUT2D eigenvalue weighted by Gasteiger charge is -2.22. The van der Waals surface area contributed by atoms with E-state index in [-0.39, 0.29) is 29.4 Å². The molecular formula is C28H26FN5O3S2. The van der Waals surface area contributed by atoms with E-state index in [1.165, 1.54) is 50.9 Å². The van der Waals surface area contributed by atoms with Gasteiger partial charge in [0, 0.05) is 37.6 Å². The number of nitrogens with zero attached hydrogens (tertiary/aromatic N) is 5. The molecule has 0 saturated heterocycles. The first-order valence-corrected chi connectivity index (χ1v) is 14.6. The third kappa shape index (κ3) is 5.75. The molecule has 11 heteroatoms. The molecule has 2 heterocycles. The topological polar surface area (TPSA) is 88.4 Å². The van der Waals surface area contributed by atoms with Crippen LogP contribution in [0.4, 0.5) is 9.52 Å². The minimum atomic E-state index is -3.78. The molecule has 1 amide bonds. The second kappa shape index (κ2) is 11.4. The number of benzene rings is 3. The summed E-state index contributed by atoms with van der Waals surface area (Å²) in [5.74, 6) is -0.831. The van der Waals surface area contributed by atoms with Gasteiger partial charge in [-0.1, -0.05) is 54.7 Å². The number of anilines is 1. The molecule has 39 heavy (non-hydrogen) atoms. The van der Waals surface area contributed by atoms with Gasteiger partial charge in [0.1, 0.15) is 11.3 Å². The van der Waals surface area contributed by atoms with Crippen molar-refractivity contribution in [2.45, 2.75) is 24.9 Å². The molecule has 0 bridgehead atoms. The van der Waals surface area contributed by atoms with Crippen molar-refractivity contribution >= 4 is 42.6 Å². The van der Waals surface area contributed by atoms with Gasteiger partial charge in [0.05, 0.1) is 16.1 Å². The van der Waals surface area contributed by atoms with E-state index in [1.807, 2.05) is 30.3 Å². The average Bonchev–Trinajstić information content (AvgIpc) is 3.63. The minimum Gasteiger partial charge on any atom is -0.282 e. The monoisotopic (exact) mass is 563 g/mol. The number of para-hydroxylation sites is 1. The molecule has 3 aromatic carbocycles. The smallest absolute Gasteiger partial charge is 0.260 e. The Kier molecular flexibility index (Phi) is 7.82. The first kappa shape index (κ1) is 26.7. The van der Waals surface area contributed by atoms with E-state index in [1.54, 1.807) is 42.2 Å². The van der Waals surface area contributed by atoms with E-state index in [0.717, 1.165) is 5.56 Å². The Morgan fingerprint density at radius 1 is 1.00 bits per heavy atom. The lowest BCUT2D eigenvalue weighted by atomic mass is 10.2. The van der Waals surface area contributed by atoms with Crippen molar-refractivity contribution < 1.29 is 17.6 Å². The van der Waals surface area contributed by atoms with E-state index in [2.05, 4.69) is 10.1 Å². The SMILES string of the molecule is CCN(Cc1ccccc1)S(=O)(=O)c1ccc(C(=O)N(CCn2cccn2)c2nc3c(F)cccc3s2)cc1. The Balaban J connectivity index is 1.42. The molecule has 0 fully saturated rings. The molecule has 0 N–H and O–H groups in total. The van der Waals surface area contributed by atoms with Crippen LogP contribution in [0.2, 0.25) is 0 Å². The predicted octanol–water partition coefficient (Wildman–Crippen LogP) is 5.19. The molecule has 8 nitrogen and oxygen atoms in total. The molecule has 0 aliphatic heterocycles. The molecule has 0 aliphatic rings. The summed E-state index contributed by atoms with van der Waals surface area (Å²) in [5, 5.41) is 4.55. The predicted molar refractivity (Wildman–Crippen MR) is 150 cm³/mol. The molecule has 0 aliphatic carbocycles. The summed E-state index contributed by atoms with van der Waals surface area (Å²) in [4.78, 5) is 19.6. The lowest BCUT2D eigenvalue weighted by molar-refractivity contribution is 0.0985. The van der Waals surface area contributed by atoms with Crippen LogP contribution in [0, 0.1) is 5.82 Å². The summed E-state index contributed by atoms with van der Waals surface area (Å²) >= 11 is 1.22. The zero-order valence-corrected chi connectivity index (χ0v) is 22.8. The number of sulfonamides is 1. The van der Waals surface area contributed by atoms with Gasteiger partial charge in [-0.2, -0.15) is 9.40 Å². The van der Waals surface area contributed by atoms with Gasteiger partial charge in [0.25, 0.3) is 5.91 Å². The van der Waals surface area contributed by atoms with Crippen molar-refractivity contribution in [2.75, 3.05) is 18.0 Å². The lowest BCUT2D eigenvalue weighted by Crippen LogP contribution is -2.34. The van der Waals surface area contributed by atoms with Crippen molar-refractivity contribution in [1.29, 1.82) is 0 Å². The summed E-state index contributed by atoms with van der Waals surface area (Å²) in [7, 11) is -3.78. The standard InChI is InChI=1S/C28H26FN5O3S2/c1-2-33(20-21-8-4-3-5-9-21)39(36,37)23-14-12-22(13-15-23)27(35)34(19-18-32-17-7-16-30-32)28-31-26-24(29)10-6-11-25(26)38-28/h3-17H,2,18-20H2,1H3. The second-order valence-electron chi connectivity index (χ2n) is 8.75. The van der Waals surface area contributed by atoms with Crippen LogP contribution < -0.4 is 4.90 Å². The van der Waals surface area contributed by atoms with E-state index in [9.17, 15) is 17.6 Å². The third-order valence-electron chi connectivity index (χ3n) is 6.24. The van der Waals surface area contributed by atoms with Crippen molar-refractivity contribution in [1.82, 2.24) is 19.1 Å². The number of fused-ring (bicyclic) bond motifs is 1. The Morgan fingerprint density at radius 2 is 1.77 bits per heavy atom. The molecule has 5 rings (SSSR count). The molecule has 200 valence electrons. The summed E-state index contributed by atoms with van der Waals surface area (Å²) in [6, 6.07) is 21.7. The summed E-state index contributed by atoms with van der Waals surface area (Å²) in [6.45, 7) is 2.97. The number of thiazole rings is 1. The van der Waals surface area contributed by atoms with Crippen LogP contribution in [0.5, 0.6) is 0 Å². The van der Waals surface area contributed by atoms with Crippen LogP contribution in [-0.2, 0) is 23.1 Å². The maximum absolute atomic E-state index is 14.4. The van der Waals surface area contributed by atoms with Gasteiger partial charge in [0.15, 0.2) is 5.13 Å². The van der Waals surface area contributed by atoms with Crippen LogP contribution >= 0.6 is 11.3 Å². The largest absolute Gasteiger partial charge is 0.282 e. The molecule has 0 spiro atoms. The summed E-state index contributed by atoms with van der Waals surface area (Å²) in [6.07, 6.45) is 3.44. The number of carbonyl (C=O) groups is 1. The molecule has 0 unspecified atom stereocenters. The van der Waals surface area contributed by atoms with Crippen LogP contribution in [-0.4, -0.2) is 46.5 Å². The molecule has 0 atom stereocenters. The zero-order chi connectivity index (χ0) is 27.4. The fraction of sp³-hybridized carbons (Fsp3) is 0.179. The van der Waals surface area contributed by atoms with E-state index < -0.39 is 15.8 Å². The fourth-order valence-corrected chi connectivity index (χ4v) is 6.61. The van der Waals surface area contributed by atoms with Gasteiger partial charge < -0.3 is 0 Å². The van der Waals surface area contributed by atoms with Gasteiger partial charge in [0.2, 0.25) is 10.0 Å². The Hall–Kier alpha value is -3.93. The molecule has 2 aromatic heterocycles. The Bertz CT molecular complexity index is 1670. The highest BCUT2D eigenvalue weighted by molar-refractivity contribution is 7.89. The third-order valence-corrected chi connectivity index (χ3v) is 9.22. The second-order valence-corrected chi connectivity index (χ2v) is 11.7. The minimum absolute atomic E-state index is 0.0991. The first-order valence-electron chi connectivity index (χ1n) is 12.4. The molecule has 0 radical (unpaired) electrons. The van der Waals surface area contributed by atoms with E-state index in [4.69, 9.17) is 0 Å². The van der Waals surface area contributed by atoms with E-state index in [0.29, 0.717) is 28.5 Å². The normalized spacial score (nSPS) is 11.8. The zero-order valence-electron chi connectivity index (χ0n) is 21.1. The fourth-order valence-electron chi connectivity index (χ4n) is 4.17. The highest BCUT2D eigenvalue weighted by Crippen LogP contribution is 2.31. The highest BCUT2D eigenvalue weighted by Gasteiger charge is 2.26. The molecule has 0 saturated carbocycles. The first-order chi connectivity index (χ1) is 18.9. The maximum atomic E-state index is 14.4. The van der Waals surface area contributed by atoms with Crippen LogP contribution in [0.1, 0.15) is 22.8 Å². The van der Waals surface area contributed by atoms with E-state index >= 15 is 0 Å². The van der Waals surface area contributed by atoms with Crippen molar-refractivity contribution in [3.05, 3.63) is 108 Å². The number of carbonyl (C=O) groups excluding carboxylic acids is 1. The van der Waals surface area contributed by atoms with Gasteiger partial charge in [-0.15, -0.1) is 0 Å². The number of amides is 1. The van der Waals surface area contributed by atoms with Crippen molar-refractivity contribution in [3.8, 4) is 0 Å². The Labute approximate surface area is 230 Å². The van der Waals surface area contributed by atoms with Crippen LogP contribution in [0.25, 0.3) is 10.2 Å². The van der Waals surface area contributed by atoms with Gasteiger partial charge in [-0.05, 0) is 48.0 Å². The van der Waals surface area contributed by atoms with Crippen molar-refractivity contribution in [2.24, 2.45) is 0 Å². The average molecular weight is 564 g/mol. The van der Waals surface area contributed by atoms with Crippen molar-refractivity contribution in [3.63, 3.8) is 0 Å². The van der Waals surface area contributed by atoms with Crippen LogP contribution in [0.15, 0.2) is 96.2 Å². The molecule has 5 aromatic rings. The van der Waals surface area contributed by atoms with Gasteiger partial charge in [-0.3, -0.25) is 14.4 Å². The quantitative estimate of drug-likeness (QED) is 0.233. The number of hydrogen-bond donors (Lipinski definition) is 0. The van der Waals surface area contributed by atoms with Gasteiger partial charge in [-0.25, -0.2) is 17.8 Å². The van der Waals surface area contributed by atoms with Crippen LogP contribution in [0.3, 0.4) is 0 Å². The number of hydrogen-bond acceptors (Lipinski definition) is 6. The number of rotatable bonds is 10. The van der Waals surface area contributed by atoms with Gasteiger partial charge >= 0.3 is 0 Å². The maximum Gasteiger partial charge on any atom is 0.260 e. The highest BCUT2D eigenvalue weighted by atomic mass is 32.2. The summed E-state index contributed by atoms with van der Waals surface area (Å²) < 4.78 is 44.8. The molecular weight excluding hydrogens is 537 g/mol. The Morgan fingerprint density at radius 3 is 2.44 bits per heavy atom.